The summed E-state index contributed by atoms with van der Waals surface area (Å²) in [4.78, 5) is 15.5. The number of hydrogen-bond acceptors (Lipinski definition) is 4. The second-order valence-electron chi connectivity index (χ2n) is 4.54. The van der Waals surface area contributed by atoms with Gasteiger partial charge >= 0.3 is 5.69 Å². The van der Waals surface area contributed by atoms with Crippen LogP contribution < -0.4 is 11.0 Å². The highest BCUT2D eigenvalue weighted by atomic mass is 35.5. The Bertz CT molecular complexity index is 573. The zero-order chi connectivity index (χ0) is 13.7. The Morgan fingerprint density at radius 1 is 1.53 bits per heavy atom. The van der Waals surface area contributed by atoms with E-state index in [-0.39, 0.29) is 5.69 Å². The molecule has 1 atom stereocenters. The fourth-order valence-electron chi connectivity index (χ4n) is 2.07. The van der Waals surface area contributed by atoms with E-state index < -0.39 is 0 Å². The van der Waals surface area contributed by atoms with Crippen LogP contribution in [0.4, 0.5) is 5.82 Å². The first-order valence-electron chi connectivity index (χ1n) is 6.47. The minimum Gasteiger partial charge on any atom is -0.370 e. The zero-order valence-electron chi connectivity index (χ0n) is 10.9. The van der Waals surface area contributed by atoms with Crippen LogP contribution in [0.5, 0.6) is 0 Å². The summed E-state index contributed by atoms with van der Waals surface area (Å²) in [5.41, 5.74) is 0.284. The molecule has 2 N–H and O–H groups in total. The molecular weight excluding hydrogens is 266 g/mol. The van der Waals surface area contributed by atoms with E-state index in [1.165, 1.54) is 10.7 Å². The molecule has 0 radical (unpaired) electrons. The minimum absolute atomic E-state index is 0.278. The monoisotopic (exact) mass is 283 g/mol. The molecule has 7 heteroatoms. The summed E-state index contributed by atoms with van der Waals surface area (Å²) in [7, 11) is 0. The number of H-pyrrole nitrogens is 1. The van der Waals surface area contributed by atoms with Gasteiger partial charge in [0.1, 0.15) is 12.1 Å². The molecule has 1 unspecified atom stereocenters. The molecule has 0 saturated heterocycles. The highest BCUT2D eigenvalue weighted by Gasteiger charge is 2.08. The van der Waals surface area contributed by atoms with Gasteiger partial charge in [0.25, 0.3) is 0 Å². The van der Waals surface area contributed by atoms with Gasteiger partial charge in [-0.25, -0.2) is 19.3 Å². The Kier molecular flexibility index (Phi) is 4.79. The molecule has 0 amide bonds. The lowest BCUT2D eigenvalue weighted by atomic mass is 10.0. The van der Waals surface area contributed by atoms with Gasteiger partial charge in [-0.2, -0.15) is 5.10 Å². The van der Waals surface area contributed by atoms with Crippen molar-refractivity contribution in [3.05, 3.63) is 22.9 Å². The second kappa shape index (κ2) is 6.56. The fraction of sp³-hybridized carbons (Fsp3) is 0.583. The van der Waals surface area contributed by atoms with Crippen molar-refractivity contribution < 1.29 is 0 Å². The van der Waals surface area contributed by atoms with E-state index in [1.807, 2.05) is 0 Å². The van der Waals surface area contributed by atoms with Crippen molar-refractivity contribution in [3.63, 3.8) is 0 Å². The molecule has 2 rings (SSSR count). The van der Waals surface area contributed by atoms with Gasteiger partial charge < -0.3 is 5.32 Å². The van der Waals surface area contributed by atoms with E-state index in [4.69, 9.17) is 11.6 Å². The summed E-state index contributed by atoms with van der Waals surface area (Å²) in [5.74, 6) is 1.94. The molecule has 0 spiro atoms. The number of alkyl halides is 1. The normalized spacial score (nSPS) is 12.7. The van der Waals surface area contributed by atoms with Gasteiger partial charge in [-0.1, -0.05) is 13.3 Å². The summed E-state index contributed by atoms with van der Waals surface area (Å²) in [5, 5.41) is 9.56. The number of nitrogens with one attached hydrogen (secondary N) is 2. The molecule has 6 nitrogen and oxygen atoms in total. The van der Waals surface area contributed by atoms with Gasteiger partial charge in [0.05, 0.1) is 0 Å². The van der Waals surface area contributed by atoms with Gasteiger partial charge in [-0.05, 0) is 18.8 Å². The number of anilines is 1. The molecule has 0 aliphatic rings. The maximum absolute atomic E-state index is 11.3. The van der Waals surface area contributed by atoms with Crippen LogP contribution in [0.3, 0.4) is 0 Å². The van der Waals surface area contributed by atoms with Gasteiger partial charge in [0.2, 0.25) is 0 Å². The summed E-state index contributed by atoms with van der Waals surface area (Å²) < 4.78 is 1.37. The molecule has 0 aliphatic heterocycles. The van der Waals surface area contributed by atoms with Crippen LogP contribution in [0.2, 0.25) is 0 Å². The minimum atomic E-state index is -0.278. The van der Waals surface area contributed by atoms with Crippen LogP contribution in [0.15, 0.2) is 17.2 Å². The summed E-state index contributed by atoms with van der Waals surface area (Å²) >= 11 is 5.80. The van der Waals surface area contributed by atoms with Crippen molar-refractivity contribution in [2.45, 2.75) is 26.2 Å². The smallest absolute Gasteiger partial charge is 0.348 e. The molecule has 0 aromatic carbocycles. The van der Waals surface area contributed by atoms with Crippen LogP contribution in [0.25, 0.3) is 5.65 Å². The van der Waals surface area contributed by atoms with Crippen molar-refractivity contribution >= 4 is 23.1 Å². The second-order valence-corrected chi connectivity index (χ2v) is 4.92. The van der Waals surface area contributed by atoms with Crippen molar-refractivity contribution in [3.8, 4) is 0 Å². The SMILES string of the molecule is CCCC(CCCl)CNc1cc2n[nH]c(=O)n2cn1. The van der Waals surface area contributed by atoms with Crippen molar-refractivity contribution in [2.75, 3.05) is 17.7 Å². The standard InChI is InChI=1S/C12H18ClN5O/c1-2-3-9(4-5-13)7-14-10-6-11-16-17-12(19)18(11)8-15-10/h6,8-9,14H,2-5,7H2,1H3,(H,17,19). The Balaban J connectivity index is 2.02. The Morgan fingerprint density at radius 3 is 3.11 bits per heavy atom. The largest absolute Gasteiger partial charge is 0.370 e. The van der Waals surface area contributed by atoms with Crippen molar-refractivity contribution in [1.82, 2.24) is 19.6 Å². The van der Waals surface area contributed by atoms with E-state index in [1.54, 1.807) is 6.07 Å². The number of halogens is 1. The number of rotatable bonds is 7. The predicted molar refractivity (Wildman–Crippen MR) is 75.8 cm³/mol. The molecule has 104 valence electrons. The quantitative estimate of drug-likeness (QED) is 0.761. The highest BCUT2D eigenvalue weighted by Crippen LogP contribution is 2.13. The summed E-state index contributed by atoms with van der Waals surface area (Å²) in [6, 6.07) is 1.75. The third-order valence-electron chi connectivity index (χ3n) is 3.10. The van der Waals surface area contributed by atoms with Crippen LogP contribution in [0, 0.1) is 5.92 Å². The molecule has 0 fully saturated rings. The van der Waals surface area contributed by atoms with Gasteiger partial charge in [0.15, 0.2) is 5.65 Å². The Hall–Kier alpha value is -1.56. The molecule has 19 heavy (non-hydrogen) atoms. The number of nitrogens with zero attached hydrogens (tertiary/aromatic N) is 3. The molecule has 2 aromatic heterocycles. The topological polar surface area (TPSA) is 75.1 Å². The van der Waals surface area contributed by atoms with Crippen LogP contribution in [-0.2, 0) is 0 Å². The van der Waals surface area contributed by atoms with E-state index in [0.717, 1.165) is 31.6 Å². The summed E-state index contributed by atoms with van der Waals surface area (Å²) in [6.45, 7) is 3.00. The molecule has 2 heterocycles. The lowest BCUT2D eigenvalue weighted by Crippen LogP contribution is -2.16. The molecule has 0 bridgehead atoms. The first-order chi connectivity index (χ1) is 9.24. The van der Waals surface area contributed by atoms with Crippen LogP contribution in [0.1, 0.15) is 26.2 Å². The Labute approximate surface area is 116 Å². The van der Waals surface area contributed by atoms with Gasteiger partial charge in [-0.3, -0.25) is 0 Å². The molecule has 0 saturated carbocycles. The van der Waals surface area contributed by atoms with Crippen LogP contribution >= 0.6 is 11.6 Å². The molecule has 0 aliphatic carbocycles. The molecular formula is C12H18ClN5O. The van der Waals surface area contributed by atoms with Gasteiger partial charge in [-0.15, -0.1) is 11.6 Å². The van der Waals surface area contributed by atoms with E-state index >= 15 is 0 Å². The maximum Gasteiger partial charge on any atom is 0.348 e. The van der Waals surface area contributed by atoms with Crippen molar-refractivity contribution in [2.24, 2.45) is 5.92 Å². The average Bonchev–Trinajstić information content (AvgIpc) is 2.78. The Morgan fingerprint density at radius 2 is 2.37 bits per heavy atom. The summed E-state index contributed by atoms with van der Waals surface area (Å²) in [6.07, 6.45) is 4.75. The third kappa shape index (κ3) is 3.47. The maximum atomic E-state index is 11.3. The molecule has 2 aromatic rings. The lowest BCUT2D eigenvalue weighted by molar-refractivity contribution is 0.489. The number of fused-ring (bicyclic) bond motifs is 1. The predicted octanol–water partition coefficient (Wildman–Crippen LogP) is 1.87. The van der Waals surface area contributed by atoms with E-state index in [2.05, 4.69) is 27.4 Å². The highest BCUT2D eigenvalue weighted by molar-refractivity contribution is 6.17. The number of hydrogen-bond donors (Lipinski definition) is 2. The van der Waals surface area contributed by atoms with E-state index in [0.29, 0.717) is 17.4 Å². The number of aromatic amines is 1. The third-order valence-corrected chi connectivity index (χ3v) is 3.31. The van der Waals surface area contributed by atoms with Crippen molar-refractivity contribution in [1.29, 1.82) is 0 Å². The van der Waals surface area contributed by atoms with E-state index in [9.17, 15) is 4.79 Å². The first kappa shape index (κ1) is 13.9. The fourth-order valence-corrected chi connectivity index (χ4v) is 2.37. The number of aromatic nitrogens is 4. The average molecular weight is 284 g/mol. The lowest BCUT2D eigenvalue weighted by Gasteiger charge is -2.15. The zero-order valence-corrected chi connectivity index (χ0v) is 11.7. The van der Waals surface area contributed by atoms with Gasteiger partial charge in [0, 0.05) is 18.5 Å². The first-order valence-corrected chi connectivity index (χ1v) is 7.00. The van der Waals surface area contributed by atoms with Crippen LogP contribution in [-0.4, -0.2) is 32.0 Å².